The predicted octanol–water partition coefficient (Wildman–Crippen LogP) is 10.3. The van der Waals surface area contributed by atoms with E-state index >= 15 is 0 Å². The van der Waals surface area contributed by atoms with Gasteiger partial charge in [-0.2, -0.15) is 0 Å². The number of hydrogen-bond donors (Lipinski definition) is 0. The van der Waals surface area contributed by atoms with Gasteiger partial charge in [-0.1, -0.05) is 88.4 Å². The SMILES string of the molecule is CCCCCCCc1ccc(C2CCC(c3ccc(S(F)(F)(F)(F)F)cc3)CC2)cc1. The monoisotopic (exact) mass is 460 g/mol. The summed E-state index contributed by atoms with van der Waals surface area (Å²) in [5.41, 5.74) is 3.42. The van der Waals surface area contributed by atoms with Crippen molar-refractivity contribution in [2.24, 2.45) is 0 Å². The second-order valence-corrected chi connectivity index (χ2v) is 11.4. The van der Waals surface area contributed by atoms with Gasteiger partial charge >= 0.3 is 10.2 Å². The third kappa shape index (κ3) is 6.96. The van der Waals surface area contributed by atoms with E-state index < -0.39 is 15.1 Å². The Hall–Kier alpha value is -1.56. The van der Waals surface area contributed by atoms with Gasteiger partial charge in [0.25, 0.3) is 0 Å². The van der Waals surface area contributed by atoms with Gasteiger partial charge in [-0.05, 0) is 79.2 Å². The highest BCUT2D eigenvalue weighted by atomic mass is 32.5. The lowest BCUT2D eigenvalue weighted by Crippen LogP contribution is -2.12. The average molecular weight is 461 g/mol. The first kappa shape index (κ1) is 24.1. The number of aryl methyl sites for hydroxylation is 1. The summed E-state index contributed by atoms with van der Waals surface area (Å²) in [6, 6.07) is 12.4. The fraction of sp³-hybridized carbons (Fsp3) is 0.520. The summed E-state index contributed by atoms with van der Waals surface area (Å²) in [7, 11) is -9.59. The van der Waals surface area contributed by atoms with Crippen LogP contribution in [0.4, 0.5) is 19.4 Å². The van der Waals surface area contributed by atoms with Crippen molar-refractivity contribution in [1.29, 1.82) is 0 Å². The van der Waals surface area contributed by atoms with Gasteiger partial charge in [-0.25, -0.2) is 0 Å². The van der Waals surface area contributed by atoms with E-state index in [1.165, 1.54) is 55.4 Å². The summed E-state index contributed by atoms with van der Waals surface area (Å²) in [5.74, 6) is 0.588. The van der Waals surface area contributed by atoms with Crippen LogP contribution < -0.4 is 0 Å². The van der Waals surface area contributed by atoms with Crippen molar-refractivity contribution in [3.8, 4) is 0 Å². The van der Waals surface area contributed by atoms with Crippen LogP contribution in [0.3, 0.4) is 0 Å². The molecule has 0 N–H and O–H groups in total. The molecule has 174 valence electrons. The van der Waals surface area contributed by atoms with Crippen LogP contribution in [0.1, 0.15) is 93.2 Å². The molecule has 6 heteroatoms. The molecular formula is C25H33F5S. The van der Waals surface area contributed by atoms with Crippen molar-refractivity contribution in [2.75, 3.05) is 0 Å². The molecule has 2 aromatic rings. The maximum atomic E-state index is 12.9. The molecule has 1 aliphatic rings. The molecule has 1 fully saturated rings. The second-order valence-electron chi connectivity index (χ2n) is 8.99. The van der Waals surface area contributed by atoms with Crippen LogP contribution in [0.2, 0.25) is 0 Å². The van der Waals surface area contributed by atoms with Crippen LogP contribution in [0.5, 0.6) is 0 Å². The van der Waals surface area contributed by atoms with Crippen molar-refractivity contribution >= 4 is 10.2 Å². The van der Waals surface area contributed by atoms with Crippen molar-refractivity contribution in [3.05, 3.63) is 65.2 Å². The van der Waals surface area contributed by atoms with Crippen molar-refractivity contribution in [1.82, 2.24) is 0 Å². The van der Waals surface area contributed by atoms with E-state index in [0.29, 0.717) is 18.1 Å². The Morgan fingerprint density at radius 1 is 0.645 bits per heavy atom. The van der Waals surface area contributed by atoms with Crippen molar-refractivity contribution in [3.63, 3.8) is 0 Å². The highest BCUT2D eigenvalue weighted by Crippen LogP contribution is 3.02. The van der Waals surface area contributed by atoms with Crippen molar-refractivity contribution < 1.29 is 19.4 Å². The van der Waals surface area contributed by atoms with Gasteiger partial charge in [0.1, 0.15) is 4.90 Å². The first-order valence-corrected chi connectivity index (χ1v) is 13.3. The fourth-order valence-electron chi connectivity index (χ4n) is 4.65. The Morgan fingerprint density at radius 3 is 1.55 bits per heavy atom. The molecule has 0 nitrogen and oxygen atoms in total. The van der Waals surface area contributed by atoms with E-state index in [4.69, 9.17) is 0 Å². The Balaban J connectivity index is 1.52. The number of rotatable bonds is 9. The largest absolute Gasteiger partial charge is 0.310 e. The molecule has 0 heterocycles. The quantitative estimate of drug-likeness (QED) is 0.258. The van der Waals surface area contributed by atoms with Crippen LogP contribution in [-0.2, 0) is 6.42 Å². The Bertz CT molecular complexity index is 833. The second kappa shape index (κ2) is 8.76. The highest BCUT2D eigenvalue weighted by molar-refractivity contribution is 8.45. The zero-order chi connectivity index (χ0) is 22.6. The number of benzene rings is 2. The van der Waals surface area contributed by atoms with Gasteiger partial charge < -0.3 is 0 Å². The zero-order valence-corrected chi connectivity index (χ0v) is 19.0. The van der Waals surface area contributed by atoms with E-state index in [1.807, 2.05) is 0 Å². The van der Waals surface area contributed by atoms with Gasteiger partial charge in [0.15, 0.2) is 0 Å². The van der Waals surface area contributed by atoms with E-state index in [0.717, 1.165) is 37.7 Å². The minimum absolute atomic E-state index is 0.131. The summed E-state index contributed by atoms with van der Waals surface area (Å²) in [6.07, 6.45) is 11.1. The minimum Gasteiger partial charge on any atom is -0.0936 e. The molecule has 0 amide bonds. The summed E-state index contributed by atoms with van der Waals surface area (Å²) >= 11 is 0. The molecule has 0 spiro atoms. The van der Waals surface area contributed by atoms with Gasteiger partial charge in [0, 0.05) is 0 Å². The average Bonchev–Trinajstić information content (AvgIpc) is 2.73. The van der Waals surface area contributed by atoms with Gasteiger partial charge in [-0.15, -0.1) is 0 Å². The van der Waals surface area contributed by atoms with Gasteiger partial charge in [0.05, 0.1) is 0 Å². The molecule has 0 bridgehead atoms. The molecule has 3 rings (SSSR count). The third-order valence-corrected chi connectivity index (χ3v) is 7.71. The lowest BCUT2D eigenvalue weighted by Gasteiger charge is -2.40. The molecule has 2 aromatic carbocycles. The van der Waals surface area contributed by atoms with Crippen LogP contribution in [-0.4, -0.2) is 0 Å². The molecule has 1 aliphatic carbocycles. The summed E-state index contributed by atoms with van der Waals surface area (Å²) in [6.45, 7) is 2.22. The van der Waals surface area contributed by atoms with Crippen LogP contribution in [0.25, 0.3) is 0 Å². The Labute approximate surface area is 183 Å². The number of unbranched alkanes of at least 4 members (excludes halogenated alkanes) is 4. The molecule has 0 radical (unpaired) electrons. The number of halogens is 5. The molecule has 0 saturated heterocycles. The summed E-state index contributed by atoms with van der Waals surface area (Å²) < 4.78 is 64.5. The fourth-order valence-corrected chi connectivity index (χ4v) is 5.30. The van der Waals surface area contributed by atoms with Crippen molar-refractivity contribution in [2.45, 2.75) is 87.9 Å². The minimum atomic E-state index is -9.59. The first-order chi connectivity index (χ1) is 14.5. The summed E-state index contributed by atoms with van der Waals surface area (Å²) in [5, 5.41) is 0. The predicted molar refractivity (Wildman–Crippen MR) is 121 cm³/mol. The molecule has 0 atom stereocenters. The van der Waals surface area contributed by atoms with Gasteiger partial charge in [0.2, 0.25) is 0 Å². The van der Waals surface area contributed by atoms with E-state index in [1.54, 1.807) is 0 Å². The van der Waals surface area contributed by atoms with E-state index in [2.05, 4.69) is 31.2 Å². The van der Waals surface area contributed by atoms with E-state index in [9.17, 15) is 19.4 Å². The smallest absolute Gasteiger partial charge is 0.0936 e. The highest BCUT2D eigenvalue weighted by Gasteiger charge is 2.65. The molecule has 31 heavy (non-hydrogen) atoms. The van der Waals surface area contributed by atoms with Crippen LogP contribution in [0.15, 0.2) is 53.4 Å². The topological polar surface area (TPSA) is 0 Å². The first-order valence-electron chi connectivity index (χ1n) is 11.4. The maximum absolute atomic E-state index is 12.9. The summed E-state index contributed by atoms with van der Waals surface area (Å²) in [4.78, 5) is -1.80. The number of hydrogen-bond acceptors (Lipinski definition) is 0. The Kier molecular flexibility index (Phi) is 6.81. The normalized spacial score (nSPS) is 22.0. The van der Waals surface area contributed by atoms with Crippen LogP contribution in [0, 0.1) is 0 Å². The van der Waals surface area contributed by atoms with E-state index in [-0.39, 0.29) is 5.92 Å². The molecule has 0 unspecified atom stereocenters. The molecule has 1 saturated carbocycles. The lowest BCUT2D eigenvalue weighted by atomic mass is 9.76. The molecule has 0 aliphatic heterocycles. The zero-order valence-electron chi connectivity index (χ0n) is 18.1. The molecular weight excluding hydrogens is 427 g/mol. The molecule has 0 aromatic heterocycles. The standard InChI is InChI=1S/C25H33F5S/c1-2-3-4-5-6-7-20-8-10-21(11-9-20)22-12-14-23(15-13-22)24-16-18-25(19-17-24)31(26,27,28,29)30/h8-11,16-19,22-23H,2-7,12-15H2,1H3. The third-order valence-electron chi connectivity index (χ3n) is 6.54. The van der Waals surface area contributed by atoms with Crippen LogP contribution >= 0.6 is 10.2 Å². The lowest BCUT2D eigenvalue weighted by molar-refractivity contribution is 0.363. The maximum Gasteiger partial charge on any atom is 0.310 e. The Morgan fingerprint density at radius 2 is 1.10 bits per heavy atom. The van der Waals surface area contributed by atoms with Gasteiger partial charge in [-0.3, -0.25) is 0 Å².